The number of hydrogen-bond acceptors (Lipinski definition) is 3. The van der Waals surface area contributed by atoms with Crippen LogP contribution in [0.2, 0.25) is 0 Å². The van der Waals surface area contributed by atoms with Crippen LogP contribution in [0.1, 0.15) is 45.4 Å². The molecule has 6 nitrogen and oxygen atoms in total. The molecule has 0 unspecified atom stereocenters. The van der Waals surface area contributed by atoms with E-state index in [-0.39, 0.29) is 24.0 Å². The highest BCUT2D eigenvalue weighted by Crippen LogP contribution is 2.24. The molecule has 2 fully saturated rings. The number of benzene rings is 1. The highest BCUT2D eigenvalue weighted by Gasteiger charge is 2.29. The zero-order chi connectivity index (χ0) is 20.0. The van der Waals surface area contributed by atoms with Crippen LogP contribution in [0.25, 0.3) is 0 Å². The summed E-state index contributed by atoms with van der Waals surface area (Å²) in [6.45, 7) is 4.32. The SMILES string of the molecule is CN=C(NCC1CCN(S(=O)(=O)c2ccccc2)CC1)NC1CCC(C)CC1.I. The quantitative estimate of drug-likeness (QED) is 0.345. The molecule has 1 saturated carbocycles. The molecule has 1 aromatic rings. The third-order valence-corrected chi connectivity index (χ3v) is 8.01. The second-order valence-electron chi connectivity index (χ2n) is 8.21. The van der Waals surface area contributed by atoms with Gasteiger partial charge in [0.15, 0.2) is 5.96 Å². The predicted molar refractivity (Wildman–Crippen MR) is 129 cm³/mol. The van der Waals surface area contributed by atoms with Gasteiger partial charge < -0.3 is 10.6 Å². The Labute approximate surface area is 193 Å². The molecule has 164 valence electrons. The van der Waals surface area contributed by atoms with Crippen LogP contribution < -0.4 is 10.6 Å². The van der Waals surface area contributed by atoms with Crippen LogP contribution in [0.3, 0.4) is 0 Å². The van der Waals surface area contributed by atoms with E-state index in [1.54, 1.807) is 28.6 Å². The minimum atomic E-state index is -3.37. The van der Waals surface area contributed by atoms with Gasteiger partial charge in [-0.3, -0.25) is 4.99 Å². The Morgan fingerprint density at radius 1 is 1.07 bits per heavy atom. The van der Waals surface area contributed by atoms with E-state index in [0.717, 1.165) is 31.3 Å². The minimum absolute atomic E-state index is 0. The fraction of sp³-hybridized carbons (Fsp3) is 0.667. The highest BCUT2D eigenvalue weighted by molar-refractivity contribution is 14.0. The molecular weight excluding hydrogens is 499 g/mol. The fourth-order valence-electron chi connectivity index (χ4n) is 4.13. The molecule has 0 atom stereocenters. The Bertz CT molecular complexity index is 741. The summed E-state index contributed by atoms with van der Waals surface area (Å²) < 4.78 is 27.1. The van der Waals surface area contributed by atoms with E-state index in [0.29, 0.717) is 29.9 Å². The van der Waals surface area contributed by atoms with Crippen molar-refractivity contribution in [2.45, 2.75) is 56.4 Å². The average Bonchev–Trinajstić information content (AvgIpc) is 2.73. The van der Waals surface area contributed by atoms with Gasteiger partial charge in [-0.1, -0.05) is 25.1 Å². The van der Waals surface area contributed by atoms with Gasteiger partial charge in [-0.2, -0.15) is 4.31 Å². The zero-order valence-corrected chi connectivity index (χ0v) is 20.7. The van der Waals surface area contributed by atoms with Crippen molar-refractivity contribution in [3.63, 3.8) is 0 Å². The van der Waals surface area contributed by atoms with Crippen molar-refractivity contribution < 1.29 is 8.42 Å². The number of halogens is 1. The lowest BCUT2D eigenvalue weighted by atomic mass is 9.87. The average molecular weight is 535 g/mol. The summed E-state index contributed by atoms with van der Waals surface area (Å²) in [6.07, 6.45) is 6.72. The van der Waals surface area contributed by atoms with Crippen molar-refractivity contribution in [3.8, 4) is 0 Å². The normalized spacial score (nSPS) is 24.6. The molecule has 29 heavy (non-hydrogen) atoms. The molecule has 0 amide bonds. The Balaban J connectivity index is 0.00000300. The van der Waals surface area contributed by atoms with E-state index >= 15 is 0 Å². The maximum atomic E-state index is 12.7. The Morgan fingerprint density at radius 2 is 1.69 bits per heavy atom. The summed E-state index contributed by atoms with van der Waals surface area (Å²) in [6, 6.07) is 9.24. The first-order valence-electron chi connectivity index (χ1n) is 10.5. The topological polar surface area (TPSA) is 73.8 Å². The number of aliphatic imine (C=N–C) groups is 1. The van der Waals surface area contributed by atoms with Gasteiger partial charge in [0, 0.05) is 32.7 Å². The van der Waals surface area contributed by atoms with Crippen LogP contribution in [-0.4, -0.2) is 51.4 Å². The summed E-state index contributed by atoms with van der Waals surface area (Å²) in [7, 11) is -1.55. The fourth-order valence-corrected chi connectivity index (χ4v) is 5.62. The number of nitrogens with one attached hydrogen (secondary N) is 2. The van der Waals surface area contributed by atoms with E-state index in [2.05, 4.69) is 22.5 Å². The first-order valence-corrected chi connectivity index (χ1v) is 12.0. The van der Waals surface area contributed by atoms with E-state index in [1.807, 2.05) is 13.1 Å². The number of piperidine rings is 1. The number of hydrogen-bond donors (Lipinski definition) is 2. The van der Waals surface area contributed by atoms with Crippen molar-refractivity contribution in [1.82, 2.24) is 14.9 Å². The smallest absolute Gasteiger partial charge is 0.243 e. The number of rotatable bonds is 5. The van der Waals surface area contributed by atoms with Crippen LogP contribution in [0.4, 0.5) is 0 Å². The predicted octanol–water partition coefficient (Wildman–Crippen LogP) is 3.45. The second-order valence-corrected chi connectivity index (χ2v) is 10.2. The molecule has 8 heteroatoms. The zero-order valence-electron chi connectivity index (χ0n) is 17.5. The van der Waals surface area contributed by atoms with Gasteiger partial charge in [0.05, 0.1) is 4.90 Å². The highest BCUT2D eigenvalue weighted by atomic mass is 127. The third kappa shape index (κ3) is 6.82. The van der Waals surface area contributed by atoms with Crippen LogP contribution in [0.5, 0.6) is 0 Å². The van der Waals surface area contributed by atoms with Crippen LogP contribution in [0, 0.1) is 11.8 Å². The van der Waals surface area contributed by atoms with Crippen molar-refractivity contribution in [3.05, 3.63) is 30.3 Å². The number of sulfonamides is 1. The lowest BCUT2D eigenvalue weighted by molar-refractivity contribution is 0.272. The van der Waals surface area contributed by atoms with Crippen LogP contribution in [-0.2, 0) is 10.0 Å². The summed E-state index contributed by atoms with van der Waals surface area (Å²) in [5.74, 6) is 2.18. The largest absolute Gasteiger partial charge is 0.356 e. The van der Waals surface area contributed by atoms with E-state index < -0.39 is 10.0 Å². The molecule has 0 radical (unpaired) electrons. The number of guanidine groups is 1. The monoisotopic (exact) mass is 534 g/mol. The Kier molecular flexibility index (Phi) is 9.68. The van der Waals surface area contributed by atoms with Crippen molar-refractivity contribution in [1.29, 1.82) is 0 Å². The maximum absolute atomic E-state index is 12.7. The third-order valence-electron chi connectivity index (χ3n) is 6.09. The van der Waals surface area contributed by atoms with Gasteiger partial charge in [0.2, 0.25) is 10.0 Å². The van der Waals surface area contributed by atoms with E-state index in [9.17, 15) is 8.42 Å². The van der Waals surface area contributed by atoms with Crippen molar-refractivity contribution >= 4 is 40.0 Å². The standard InChI is InChI=1S/C21H34N4O2S.HI/c1-17-8-10-19(11-9-17)24-21(22-2)23-16-18-12-14-25(15-13-18)28(26,27)20-6-4-3-5-7-20;/h3-7,17-19H,8-16H2,1-2H3,(H2,22,23,24);1H. The molecule has 1 saturated heterocycles. The molecule has 2 N–H and O–H groups in total. The van der Waals surface area contributed by atoms with Crippen LogP contribution >= 0.6 is 24.0 Å². The lowest BCUT2D eigenvalue weighted by Crippen LogP contribution is -2.47. The van der Waals surface area contributed by atoms with Crippen LogP contribution in [0.15, 0.2) is 40.2 Å². The molecule has 1 aliphatic heterocycles. The van der Waals surface area contributed by atoms with E-state index in [1.165, 1.54) is 25.7 Å². The minimum Gasteiger partial charge on any atom is -0.356 e. The first kappa shape index (κ1) is 24.4. The molecule has 3 rings (SSSR count). The second kappa shape index (κ2) is 11.5. The summed E-state index contributed by atoms with van der Waals surface area (Å²) in [5, 5.41) is 7.01. The van der Waals surface area contributed by atoms with Crippen molar-refractivity contribution in [2.24, 2.45) is 16.8 Å². The van der Waals surface area contributed by atoms with Gasteiger partial charge in [-0.15, -0.1) is 24.0 Å². The molecule has 2 aliphatic rings. The summed E-state index contributed by atoms with van der Waals surface area (Å²) in [4.78, 5) is 4.75. The van der Waals surface area contributed by atoms with Gasteiger partial charge >= 0.3 is 0 Å². The Hall–Kier alpha value is -0.870. The molecule has 0 aromatic heterocycles. The molecule has 1 heterocycles. The lowest BCUT2D eigenvalue weighted by Gasteiger charge is -2.32. The summed E-state index contributed by atoms with van der Waals surface area (Å²) >= 11 is 0. The molecule has 1 aromatic carbocycles. The molecular formula is C21H35IN4O2S. The Morgan fingerprint density at radius 3 is 2.28 bits per heavy atom. The van der Waals surface area contributed by atoms with Gasteiger partial charge in [-0.25, -0.2) is 8.42 Å². The van der Waals surface area contributed by atoms with Gasteiger partial charge in [0.1, 0.15) is 0 Å². The van der Waals surface area contributed by atoms with E-state index in [4.69, 9.17) is 0 Å². The maximum Gasteiger partial charge on any atom is 0.243 e. The number of nitrogens with zero attached hydrogens (tertiary/aromatic N) is 2. The first-order chi connectivity index (χ1) is 13.5. The summed E-state index contributed by atoms with van der Waals surface area (Å²) in [5.41, 5.74) is 0. The molecule has 0 spiro atoms. The molecule has 1 aliphatic carbocycles. The van der Waals surface area contributed by atoms with Crippen molar-refractivity contribution in [2.75, 3.05) is 26.7 Å². The molecule has 0 bridgehead atoms. The van der Waals surface area contributed by atoms with Gasteiger partial charge in [-0.05, 0) is 62.5 Å². The van der Waals surface area contributed by atoms with Gasteiger partial charge in [0.25, 0.3) is 0 Å².